The Kier molecular flexibility index (Phi) is 4.61. The zero-order valence-electron chi connectivity index (χ0n) is 13.5. The first kappa shape index (κ1) is 16.2. The van der Waals surface area contributed by atoms with Gasteiger partial charge in [0.15, 0.2) is 0 Å². The second kappa shape index (κ2) is 6.84. The average molecular weight is 328 g/mol. The van der Waals surface area contributed by atoms with Crippen molar-refractivity contribution in [1.29, 1.82) is 0 Å². The minimum atomic E-state index is -0.378. The predicted octanol–water partition coefficient (Wildman–Crippen LogP) is 1.47. The molecule has 3 rings (SSSR count). The highest BCUT2D eigenvalue weighted by molar-refractivity contribution is 5.89. The molecular formula is C17H20N4O3. The van der Waals surface area contributed by atoms with Gasteiger partial charge < -0.3 is 20.5 Å². The molecule has 0 aliphatic carbocycles. The number of hydrogen-bond acceptors (Lipinski definition) is 7. The normalized spacial score (nSPS) is 15.3. The number of rotatable bonds is 3. The zero-order chi connectivity index (χ0) is 17.1. The fourth-order valence-corrected chi connectivity index (χ4v) is 2.75. The molecule has 0 amide bonds. The van der Waals surface area contributed by atoms with E-state index in [0.717, 1.165) is 24.5 Å². The van der Waals surface area contributed by atoms with Gasteiger partial charge in [0, 0.05) is 24.7 Å². The molecule has 1 fully saturated rings. The molecule has 1 saturated heterocycles. The Labute approximate surface area is 140 Å². The van der Waals surface area contributed by atoms with Gasteiger partial charge in [-0.25, -0.2) is 9.78 Å². The highest BCUT2D eigenvalue weighted by Crippen LogP contribution is 2.25. The maximum Gasteiger partial charge on any atom is 0.337 e. The number of nitrogens with zero attached hydrogens (tertiary/aromatic N) is 3. The summed E-state index contributed by atoms with van der Waals surface area (Å²) in [4.78, 5) is 22.2. The molecule has 0 spiro atoms. The average Bonchev–Trinajstić information content (AvgIpc) is 2.61. The molecule has 0 unspecified atom stereocenters. The summed E-state index contributed by atoms with van der Waals surface area (Å²) in [6, 6.07) is 8.86. The first-order valence-electron chi connectivity index (χ1n) is 7.83. The second-order valence-corrected chi connectivity index (χ2v) is 5.76. The number of aliphatic hydroxyl groups is 1. The molecule has 1 aliphatic heterocycles. The number of nitrogen functional groups attached to an aromatic ring is 1. The highest BCUT2D eigenvalue weighted by atomic mass is 16.5. The van der Waals surface area contributed by atoms with Crippen molar-refractivity contribution in [3.63, 3.8) is 0 Å². The largest absolute Gasteiger partial charge is 0.465 e. The molecule has 1 aliphatic rings. The van der Waals surface area contributed by atoms with Gasteiger partial charge in [-0.3, -0.25) is 0 Å². The molecule has 0 radical (unpaired) electrons. The van der Waals surface area contributed by atoms with E-state index in [2.05, 4.69) is 14.9 Å². The second-order valence-electron chi connectivity index (χ2n) is 5.76. The summed E-state index contributed by atoms with van der Waals surface area (Å²) in [6.45, 7) is 1.47. The number of esters is 1. The zero-order valence-corrected chi connectivity index (χ0v) is 13.5. The van der Waals surface area contributed by atoms with Gasteiger partial charge in [-0.15, -0.1) is 0 Å². The molecule has 7 nitrogen and oxygen atoms in total. The van der Waals surface area contributed by atoms with Crippen LogP contribution in [0.1, 0.15) is 23.2 Å². The van der Waals surface area contributed by atoms with Gasteiger partial charge in [0.05, 0.1) is 24.5 Å². The van der Waals surface area contributed by atoms with E-state index in [0.29, 0.717) is 24.1 Å². The Morgan fingerprint density at radius 1 is 1.25 bits per heavy atom. The number of hydrogen-bond donors (Lipinski definition) is 2. The number of aliphatic hydroxyl groups excluding tert-OH is 1. The number of anilines is 2. The molecule has 1 aromatic carbocycles. The van der Waals surface area contributed by atoms with Crippen molar-refractivity contribution in [2.45, 2.75) is 18.9 Å². The van der Waals surface area contributed by atoms with Crippen molar-refractivity contribution in [3.8, 4) is 11.3 Å². The topological polar surface area (TPSA) is 102 Å². The third-order valence-electron chi connectivity index (χ3n) is 4.12. The van der Waals surface area contributed by atoms with E-state index in [1.54, 1.807) is 24.3 Å². The standard InChI is InChI=1S/C17H20N4O3/c1-24-16(23)12-4-2-11(3-5-12)14-10-15(20-17(18)19-14)21-8-6-13(22)7-9-21/h2-5,10,13,22H,6-9H2,1H3,(H2,18,19,20). The van der Waals surface area contributed by atoms with Gasteiger partial charge >= 0.3 is 5.97 Å². The Balaban J connectivity index is 1.87. The van der Waals surface area contributed by atoms with Crippen LogP contribution in [0.15, 0.2) is 30.3 Å². The van der Waals surface area contributed by atoms with Crippen LogP contribution in [-0.2, 0) is 4.74 Å². The highest BCUT2D eigenvalue weighted by Gasteiger charge is 2.19. The summed E-state index contributed by atoms with van der Waals surface area (Å²) < 4.78 is 4.70. The molecule has 0 atom stereocenters. The minimum absolute atomic E-state index is 0.200. The molecule has 126 valence electrons. The maximum absolute atomic E-state index is 11.5. The summed E-state index contributed by atoms with van der Waals surface area (Å²) >= 11 is 0. The van der Waals surface area contributed by atoms with Crippen LogP contribution in [0, 0.1) is 0 Å². The molecule has 0 saturated carbocycles. The number of methoxy groups -OCH3 is 1. The lowest BCUT2D eigenvalue weighted by Gasteiger charge is -2.30. The molecule has 3 N–H and O–H groups in total. The third kappa shape index (κ3) is 3.46. The predicted molar refractivity (Wildman–Crippen MR) is 90.7 cm³/mol. The van der Waals surface area contributed by atoms with Crippen molar-refractivity contribution in [2.75, 3.05) is 30.8 Å². The molecule has 2 heterocycles. The van der Waals surface area contributed by atoms with Crippen LogP contribution in [-0.4, -0.2) is 47.3 Å². The first-order valence-corrected chi connectivity index (χ1v) is 7.83. The van der Waals surface area contributed by atoms with Crippen molar-refractivity contribution < 1.29 is 14.6 Å². The summed E-state index contributed by atoms with van der Waals surface area (Å²) in [5.74, 6) is 0.573. The van der Waals surface area contributed by atoms with Gasteiger partial charge in [0.25, 0.3) is 0 Å². The summed E-state index contributed by atoms with van der Waals surface area (Å²) in [6.07, 6.45) is 1.19. The monoisotopic (exact) mass is 328 g/mol. The van der Waals surface area contributed by atoms with Crippen LogP contribution in [0.5, 0.6) is 0 Å². The van der Waals surface area contributed by atoms with Gasteiger partial charge in [-0.2, -0.15) is 4.98 Å². The van der Waals surface area contributed by atoms with Gasteiger partial charge in [-0.1, -0.05) is 12.1 Å². The van der Waals surface area contributed by atoms with Crippen molar-refractivity contribution in [2.24, 2.45) is 0 Å². The van der Waals surface area contributed by atoms with Crippen molar-refractivity contribution >= 4 is 17.7 Å². The van der Waals surface area contributed by atoms with Crippen LogP contribution in [0.3, 0.4) is 0 Å². The first-order chi connectivity index (χ1) is 11.6. The number of piperidine rings is 1. The summed E-state index contributed by atoms with van der Waals surface area (Å²) in [7, 11) is 1.35. The summed E-state index contributed by atoms with van der Waals surface area (Å²) in [5, 5.41) is 9.63. The maximum atomic E-state index is 11.5. The third-order valence-corrected chi connectivity index (χ3v) is 4.12. The molecular weight excluding hydrogens is 308 g/mol. The number of ether oxygens (including phenoxy) is 1. The number of carbonyl (C=O) groups excluding carboxylic acids is 1. The fraction of sp³-hybridized carbons (Fsp3) is 0.353. The SMILES string of the molecule is COC(=O)c1ccc(-c2cc(N3CCC(O)CC3)nc(N)n2)cc1. The van der Waals surface area contributed by atoms with E-state index in [9.17, 15) is 9.90 Å². The molecule has 7 heteroatoms. The Bertz CT molecular complexity index is 725. The van der Waals surface area contributed by atoms with E-state index in [-0.39, 0.29) is 18.0 Å². The summed E-state index contributed by atoms with van der Waals surface area (Å²) in [5.41, 5.74) is 7.88. The lowest BCUT2D eigenvalue weighted by Crippen LogP contribution is -2.36. The van der Waals surface area contributed by atoms with Crippen LogP contribution < -0.4 is 10.6 Å². The van der Waals surface area contributed by atoms with Crippen LogP contribution in [0.2, 0.25) is 0 Å². The van der Waals surface area contributed by atoms with E-state index in [4.69, 9.17) is 10.5 Å². The number of carbonyl (C=O) groups is 1. The van der Waals surface area contributed by atoms with E-state index < -0.39 is 0 Å². The molecule has 1 aromatic heterocycles. The molecule has 0 bridgehead atoms. The van der Waals surface area contributed by atoms with E-state index in [1.165, 1.54) is 7.11 Å². The van der Waals surface area contributed by atoms with Gasteiger partial charge in [0.1, 0.15) is 5.82 Å². The Hall–Kier alpha value is -2.67. The Morgan fingerprint density at radius 2 is 1.92 bits per heavy atom. The molecule has 2 aromatic rings. The van der Waals surface area contributed by atoms with Gasteiger partial charge in [-0.05, 0) is 25.0 Å². The smallest absolute Gasteiger partial charge is 0.337 e. The van der Waals surface area contributed by atoms with Crippen LogP contribution in [0.4, 0.5) is 11.8 Å². The van der Waals surface area contributed by atoms with Crippen molar-refractivity contribution in [1.82, 2.24) is 9.97 Å². The van der Waals surface area contributed by atoms with Crippen molar-refractivity contribution in [3.05, 3.63) is 35.9 Å². The number of benzene rings is 1. The number of aromatic nitrogens is 2. The fourth-order valence-electron chi connectivity index (χ4n) is 2.75. The number of nitrogens with two attached hydrogens (primary N) is 1. The van der Waals surface area contributed by atoms with Crippen LogP contribution in [0.25, 0.3) is 11.3 Å². The lowest BCUT2D eigenvalue weighted by molar-refractivity contribution is 0.0600. The Morgan fingerprint density at radius 3 is 2.54 bits per heavy atom. The minimum Gasteiger partial charge on any atom is -0.465 e. The quantitative estimate of drug-likeness (QED) is 0.823. The van der Waals surface area contributed by atoms with Gasteiger partial charge in [0.2, 0.25) is 5.95 Å². The van der Waals surface area contributed by atoms with E-state index in [1.807, 2.05) is 6.07 Å². The lowest BCUT2D eigenvalue weighted by atomic mass is 10.1. The molecule has 24 heavy (non-hydrogen) atoms. The van der Waals surface area contributed by atoms with Crippen LogP contribution >= 0.6 is 0 Å². The van der Waals surface area contributed by atoms with E-state index >= 15 is 0 Å².